The van der Waals surface area contributed by atoms with Crippen molar-refractivity contribution in [2.75, 3.05) is 26.7 Å². The quantitative estimate of drug-likeness (QED) is 0.336. The van der Waals surface area contributed by atoms with Crippen molar-refractivity contribution in [2.45, 2.75) is 45.4 Å². The molecule has 0 saturated heterocycles. The van der Waals surface area contributed by atoms with Crippen LogP contribution in [0.2, 0.25) is 0 Å². The van der Waals surface area contributed by atoms with Crippen molar-refractivity contribution in [1.82, 2.24) is 14.4 Å². The maximum atomic E-state index is 14.5. The van der Waals surface area contributed by atoms with E-state index < -0.39 is 6.04 Å². The zero-order valence-electron chi connectivity index (χ0n) is 25.2. The highest BCUT2D eigenvalue weighted by atomic mass is 16.5. The molecule has 0 bridgehead atoms. The minimum atomic E-state index is -0.403. The van der Waals surface area contributed by atoms with Crippen molar-refractivity contribution in [3.63, 3.8) is 0 Å². The number of likely N-dealkylation sites (N-methyl/N-ethyl adjacent to an activating group) is 1. The number of ether oxygens (including phenoxy) is 1. The summed E-state index contributed by atoms with van der Waals surface area (Å²) >= 11 is 0. The van der Waals surface area contributed by atoms with E-state index in [-0.39, 0.29) is 36.4 Å². The molecule has 3 aromatic carbocycles. The molecule has 0 fully saturated rings. The Balaban J connectivity index is 1.55. The maximum absolute atomic E-state index is 14.5. The van der Waals surface area contributed by atoms with Gasteiger partial charge in [0.2, 0.25) is 5.91 Å². The molecular formula is C35H41N3O4. The van der Waals surface area contributed by atoms with Gasteiger partial charge < -0.3 is 24.2 Å². The Hall–Kier alpha value is -3.94. The molecule has 1 aliphatic rings. The fraction of sp³-hybridized carbons (Fsp3) is 0.371. The summed E-state index contributed by atoms with van der Waals surface area (Å²) in [7, 11) is 3.75. The van der Waals surface area contributed by atoms with Gasteiger partial charge in [0, 0.05) is 49.6 Å². The molecule has 2 heterocycles. The van der Waals surface area contributed by atoms with E-state index in [1.165, 1.54) is 0 Å². The number of carbonyl (C=O) groups is 2. The molecule has 220 valence electrons. The molecule has 0 saturated carbocycles. The van der Waals surface area contributed by atoms with Gasteiger partial charge in [-0.3, -0.25) is 9.59 Å². The van der Waals surface area contributed by atoms with E-state index >= 15 is 0 Å². The third-order valence-corrected chi connectivity index (χ3v) is 8.73. The Bertz CT molecular complexity index is 1560. The Morgan fingerprint density at radius 2 is 1.69 bits per heavy atom. The predicted octanol–water partition coefficient (Wildman–Crippen LogP) is 5.47. The number of aryl methyl sites for hydroxylation is 1. The Kier molecular flexibility index (Phi) is 8.80. The van der Waals surface area contributed by atoms with Gasteiger partial charge in [0.25, 0.3) is 5.91 Å². The normalized spacial score (nSPS) is 19.0. The summed E-state index contributed by atoms with van der Waals surface area (Å²) in [6.45, 7) is 6.79. The van der Waals surface area contributed by atoms with Gasteiger partial charge in [-0.1, -0.05) is 79.7 Å². The summed E-state index contributed by atoms with van der Waals surface area (Å²) in [5.74, 6) is -0.518. The first-order chi connectivity index (χ1) is 20.2. The molecular weight excluding hydrogens is 526 g/mol. The third-order valence-electron chi connectivity index (χ3n) is 8.73. The van der Waals surface area contributed by atoms with Crippen molar-refractivity contribution in [3.8, 4) is 11.1 Å². The van der Waals surface area contributed by atoms with Crippen molar-refractivity contribution in [1.29, 1.82) is 0 Å². The minimum absolute atomic E-state index is 0.0160. The van der Waals surface area contributed by atoms with Crippen LogP contribution in [0.3, 0.4) is 0 Å². The molecule has 5 rings (SSSR count). The van der Waals surface area contributed by atoms with Crippen LogP contribution in [0.1, 0.15) is 48.3 Å². The first-order valence-electron chi connectivity index (χ1n) is 14.7. The number of aromatic nitrogens is 1. The van der Waals surface area contributed by atoms with Crippen LogP contribution in [0.15, 0.2) is 78.9 Å². The van der Waals surface area contributed by atoms with Gasteiger partial charge in [-0.15, -0.1) is 0 Å². The van der Waals surface area contributed by atoms with Crippen LogP contribution in [0, 0.1) is 5.92 Å². The van der Waals surface area contributed by atoms with Crippen molar-refractivity contribution >= 4 is 22.7 Å². The van der Waals surface area contributed by atoms with Gasteiger partial charge in [0.05, 0.1) is 31.3 Å². The number of hydrogen-bond donors (Lipinski definition) is 1. The van der Waals surface area contributed by atoms with Crippen molar-refractivity contribution in [2.24, 2.45) is 13.0 Å². The second-order valence-corrected chi connectivity index (χ2v) is 11.6. The third kappa shape index (κ3) is 5.59. The number of aliphatic hydroxyl groups is 1. The van der Waals surface area contributed by atoms with Crippen LogP contribution >= 0.6 is 0 Å². The van der Waals surface area contributed by atoms with Gasteiger partial charge >= 0.3 is 0 Å². The number of fused-ring (bicyclic) bond motifs is 5. The van der Waals surface area contributed by atoms with Crippen LogP contribution < -0.4 is 0 Å². The summed E-state index contributed by atoms with van der Waals surface area (Å²) in [5.41, 5.74) is 5.35. The molecule has 4 aromatic rings. The molecule has 42 heavy (non-hydrogen) atoms. The molecule has 7 nitrogen and oxygen atoms in total. The smallest absolute Gasteiger partial charge is 0.271 e. The molecule has 1 aromatic heterocycles. The number of hydrogen-bond acceptors (Lipinski definition) is 4. The first-order valence-corrected chi connectivity index (χ1v) is 14.7. The summed E-state index contributed by atoms with van der Waals surface area (Å²) < 4.78 is 8.62. The van der Waals surface area contributed by atoms with Crippen molar-refractivity contribution in [3.05, 3.63) is 95.7 Å². The zero-order valence-corrected chi connectivity index (χ0v) is 25.2. The van der Waals surface area contributed by atoms with E-state index in [1.807, 2.05) is 105 Å². The van der Waals surface area contributed by atoms with Crippen LogP contribution in [0.5, 0.6) is 0 Å². The maximum Gasteiger partial charge on any atom is 0.271 e. The van der Waals surface area contributed by atoms with Crippen LogP contribution in [-0.2, 0) is 23.2 Å². The van der Waals surface area contributed by atoms with E-state index in [2.05, 4.69) is 13.0 Å². The molecule has 0 aliphatic carbocycles. The molecule has 0 radical (unpaired) electrons. The average Bonchev–Trinajstić information content (AvgIpc) is 3.31. The predicted molar refractivity (Wildman–Crippen MR) is 166 cm³/mol. The average molecular weight is 568 g/mol. The lowest BCUT2D eigenvalue weighted by Gasteiger charge is -2.35. The van der Waals surface area contributed by atoms with E-state index in [9.17, 15) is 14.7 Å². The molecule has 4 atom stereocenters. The van der Waals surface area contributed by atoms with Gasteiger partial charge in [0.15, 0.2) is 0 Å². The summed E-state index contributed by atoms with van der Waals surface area (Å²) in [5, 5.41) is 11.2. The first kappa shape index (κ1) is 29.5. The number of amides is 2. The van der Waals surface area contributed by atoms with Gasteiger partial charge in [-0.2, -0.15) is 0 Å². The van der Waals surface area contributed by atoms with Gasteiger partial charge in [-0.25, -0.2) is 0 Å². The fourth-order valence-corrected chi connectivity index (χ4v) is 6.10. The molecule has 2 amide bonds. The topological polar surface area (TPSA) is 75.0 Å². The second kappa shape index (κ2) is 12.5. The standard InChI is InChI=1S/C35H41N3O4/c1-23-19-38(24(2)21-39)35(41)33-32(29-17-11-12-18-30(29)37(33)5)28-16-10-9-15-27(28)22-42-31(23)20-36(4)34(40)25(3)26-13-7-6-8-14-26/h6-18,23-25,31,39H,19-22H2,1-5H3/t23-,24+,25-,31+/m0/s1. The molecule has 0 spiro atoms. The SMILES string of the molecule is C[C@H](C(=O)N(C)C[C@H]1OCc2ccccc2-c2c(n(C)c3ccccc23)C(=O)N([C@H](C)CO)C[C@@H]1C)c1ccccc1. The van der Waals surface area contributed by atoms with E-state index in [4.69, 9.17) is 4.74 Å². The Morgan fingerprint density at radius 3 is 2.43 bits per heavy atom. The number of rotatable bonds is 6. The zero-order chi connectivity index (χ0) is 30.0. The van der Waals surface area contributed by atoms with Crippen LogP contribution in [0.4, 0.5) is 0 Å². The largest absolute Gasteiger partial charge is 0.394 e. The summed E-state index contributed by atoms with van der Waals surface area (Å²) in [6.07, 6.45) is -0.339. The number of carbonyl (C=O) groups excluding carboxylic acids is 2. The number of benzene rings is 3. The Morgan fingerprint density at radius 1 is 1.02 bits per heavy atom. The number of para-hydroxylation sites is 1. The minimum Gasteiger partial charge on any atom is -0.394 e. The van der Waals surface area contributed by atoms with Crippen molar-refractivity contribution < 1.29 is 19.4 Å². The fourth-order valence-electron chi connectivity index (χ4n) is 6.10. The van der Waals surface area contributed by atoms with E-state index in [0.717, 1.165) is 33.2 Å². The highest BCUT2D eigenvalue weighted by molar-refractivity contribution is 6.10. The summed E-state index contributed by atoms with van der Waals surface area (Å²) in [4.78, 5) is 31.5. The highest BCUT2D eigenvalue weighted by Crippen LogP contribution is 2.38. The lowest BCUT2D eigenvalue weighted by Crippen LogP contribution is -2.48. The van der Waals surface area contributed by atoms with E-state index in [1.54, 1.807) is 9.80 Å². The lowest BCUT2D eigenvalue weighted by atomic mass is 9.96. The summed E-state index contributed by atoms with van der Waals surface area (Å²) in [6, 6.07) is 25.5. The molecule has 1 N–H and O–H groups in total. The molecule has 7 heteroatoms. The number of nitrogens with zero attached hydrogens (tertiary/aromatic N) is 3. The second-order valence-electron chi connectivity index (χ2n) is 11.6. The monoisotopic (exact) mass is 567 g/mol. The van der Waals surface area contributed by atoms with Crippen LogP contribution in [0.25, 0.3) is 22.0 Å². The molecule has 1 aliphatic heterocycles. The van der Waals surface area contributed by atoms with E-state index in [0.29, 0.717) is 25.4 Å². The number of aliphatic hydroxyl groups excluding tert-OH is 1. The van der Waals surface area contributed by atoms with Crippen LogP contribution in [-0.4, -0.2) is 70.2 Å². The van der Waals surface area contributed by atoms with Gasteiger partial charge in [-0.05, 0) is 36.6 Å². The lowest BCUT2D eigenvalue weighted by molar-refractivity contribution is -0.134. The molecule has 0 unspecified atom stereocenters. The Labute approximate surface area is 248 Å². The van der Waals surface area contributed by atoms with Gasteiger partial charge in [0.1, 0.15) is 5.69 Å². The highest BCUT2D eigenvalue weighted by Gasteiger charge is 2.34.